The SMILES string of the molecule is COc1ccc(-c2ccc(/N=N/c3cc(S)c4ccccc4c3N)cn2)cc1. The minimum Gasteiger partial charge on any atom is -0.497 e. The molecular weight excluding hydrogens is 368 g/mol. The minimum atomic E-state index is 0.583. The van der Waals surface area contributed by atoms with Crippen molar-refractivity contribution in [2.45, 2.75) is 4.90 Å². The second-order valence-corrected chi connectivity index (χ2v) is 6.69. The van der Waals surface area contributed by atoms with Crippen molar-refractivity contribution in [3.05, 3.63) is 72.9 Å². The Morgan fingerprint density at radius 2 is 1.68 bits per heavy atom. The molecule has 4 rings (SSSR count). The van der Waals surface area contributed by atoms with Crippen molar-refractivity contribution in [2.75, 3.05) is 12.8 Å². The molecule has 0 atom stereocenters. The second-order valence-electron chi connectivity index (χ2n) is 6.20. The monoisotopic (exact) mass is 386 g/mol. The zero-order valence-electron chi connectivity index (χ0n) is 15.2. The third-order valence-corrected chi connectivity index (χ3v) is 4.82. The highest BCUT2D eigenvalue weighted by Crippen LogP contribution is 2.36. The summed E-state index contributed by atoms with van der Waals surface area (Å²) in [6.07, 6.45) is 1.68. The first-order chi connectivity index (χ1) is 13.7. The molecule has 0 saturated carbocycles. The number of anilines is 1. The molecule has 0 aliphatic rings. The molecule has 0 aliphatic heterocycles. The molecule has 0 fully saturated rings. The predicted molar refractivity (Wildman–Crippen MR) is 116 cm³/mol. The fraction of sp³-hybridized carbons (Fsp3) is 0.0455. The minimum absolute atomic E-state index is 0.583. The largest absolute Gasteiger partial charge is 0.497 e. The van der Waals surface area contributed by atoms with Gasteiger partial charge in [-0.1, -0.05) is 24.3 Å². The molecule has 2 N–H and O–H groups in total. The van der Waals surface area contributed by atoms with E-state index >= 15 is 0 Å². The van der Waals surface area contributed by atoms with Crippen molar-refractivity contribution < 1.29 is 4.74 Å². The number of benzene rings is 3. The molecule has 5 nitrogen and oxygen atoms in total. The van der Waals surface area contributed by atoms with Gasteiger partial charge in [0, 0.05) is 15.8 Å². The molecule has 0 spiro atoms. The number of hydrogen-bond acceptors (Lipinski definition) is 6. The van der Waals surface area contributed by atoms with Crippen LogP contribution in [0.2, 0.25) is 0 Å². The summed E-state index contributed by atoms with van der Waals surface area (Å²) >= 11 is 4.54. The summed E-state index contributed by atoms with van der Waals surface area (Å²) in [5, 5.41) is 10.5. The molecule has 6 heteroatoms. The van der Waals surface area contributed by atoms with Crippen LogP contribution in [-0.4, -0.2) is 12.1 Å². The Bertz CT molecular complexity index is 1160. The highest BCUT2D eigenvalue weighted by Gasteiger charge is 2.07. The Labute approximate surface area is 168 Å². The number of nitrogens with two attached hydrogens (primary N) is 1. The van der Waals surface area contributed by atoms with E-state index in [1.807, 2.05) is 66.7 Å². The van der Waals surface area contributed by atoms with Crippen LogP contribution in [0.1, 0.15) is 0 Å². The maximum atomic E-state index is 6.26. The van der Waals surface area contributed by atoms with Gasteiger partial charge in [0.15, 0.2) is 0 Å². The van der Waals surface area contributed by atoms with Gasteiger partial charge in [-0.3, -0.25) is 4.98 Å². The van der Waals surface area contributed by atoms with E-state index in [9.17, 15) is 0 Å². The molecule has 138 valence electrons. The molecule has 28 heavy (non-hydrogen) atoms. The van der Waals surface area contributed by atoms with Crippen LogP contribution < -0.4 is 10.5 Å². The number of fused-ring (bicyclic) bond motifs is 1. The highest BCUT2D eigenvalue weighted by molar-refractivity contribution is 7.80. The Kier molecular flexibility index (Phi) is 4.95. The number of methoxy groups -OCH3 is 1. The lowest BCUT2D eigenvalue weighted by Crippen LogP contribution is -1.88. The highest BCUT2D eigenvalue weighted by atomic mass is 32.1. The van der Waals surface area contributed by atoms with Crippen molar-refractivity contribution in [1.82, 2.24) is 4.98 Å². The first-order valence-electron chi connectivity index (χ1n) is 8.68. The number of nitrogen functional groups attached to an aromatic ring is 1. The van der Waals surface area contributed by atoms with Gasteiger partial charge in [0.2, 0.25) is 0 Å². The molecular formula is C22H18N4OS. The van der Waals surface area contributed by atoms with E-state index in [0.717, 1.165) is 32.7 Å². The normalized spacial score (nSPS) is 11.2. The third-order valence-electron chi connectivity index (χ3n) is 4.45. The van der Waals surface area contributed by atoms with E-state index in [-0.39, 0.29) is 0 Å². The Balaban J connectivity index is 1.60. The molecule has 1 heterocycles. The van der Waals surface area contributed by atoms with Crippen LogP contribution in [0.25, 0.3) is 22.0 Å². The Morgan fingerprint density at radius 3 is 2.36 bits per heavy atom. The number of aromatic nitrogens is 1. The maximum absolute atomic E-state index is 6.26. The number of nitrogens with zero attached hydrogens (tertiary/aromatic N) is 3. The van der Waals surface area contributed by atoms with Crippen LogP contribution in [0.4, 0.5) is 17.1 Å². The number of ether oxygens (including phenoxy) is 1. The molecule has 3 aromatic carbocycles. The van der Waals surface area contributed by atoms with E-state index < -0.39 is 0 Å². The maximum Gasteiger partial charge on any atom is 0.118 e. The van der Waals surface area contributed by atoms with Crippen LogP contribution in [0.15, 0.2) is 88.1 Å². The van der Waals surface area contributed by atoms with Crippen molar-refractivity contribution >= 4 is 40.5 Å². The van der Waals surface area contributed by atoms with Crippen LogP contribution in [0.3, 0.4) is 0 Å². The van der Waals surface area contributed by atoms with Gasteiger partial charge in [0.05, 0.1) is 24.7 Å². The molecule has 0 saturated heterocycles. The zero-order chi connectivity index (χ0) is 19.5. The summed E-state index contributed by atoms with van der Waals surface area (Å²) in [5.74, 6) is 0.811. The van der Waals surface area contributed by atoms with Gasteiger partial charge in [-0.2, -0.15) is 0 Å². The lowest BCUT2D eigenvalue weighted by atomic mass is 10.1. The van der Waals surface area contributed by atoms with Gasteiger partial charge in [-0.25, -0.2) is 0 Å². The first-order valence-corrected chi connectivity index (χ1v) is 9.13. The molecule has 0 bridgehead atoms. The van der Waals surface area contributed by atoms with E-state index in [1.165, 1.54) is 0 Å². The smallest absolute Gasteiger partial charge is 0.118 e. The van der Waals surface area contributed by atoms with Gasteiger partial charge in [-0.15, -0.1) is 22.9 Å². The van der Waals surface area contributed by atoms with Crippen LogP contribution in [0.5, 0.6) is 5.75 Å². The van der Waals surface area contributed by atoms with Crippen LogP contribution in [0, 0.1) is 0 Å². The number of azo groups is 1. The first kappa shape index (κ1) is 18.0. The van der Waals surface area contributed by atoms with Gasteiger partial charge in [0.1, 0.15) is 17.1 Å². The van der Waals surface area contributed by atoms with Gasteiger partial charge < -0.3 is 10.5 Å². The van der Waals surface area contributed by atoms with E-state index in [1.54, 1.807) is 13.3 Å². The quantitative estimate of drug-likeness (QED) is 0.249. The Morgan fingerprint density at radius 1 is 0.929 bits per heavy atom. The number of thiol groups is 1. The summed E-state index contributed by atoms with van der Waals surface area (Å²) in [7, 11) is 1.64. The van der Waals surface area contributed by atoms with E-state index in [0.29, 0.717) is 17.1 Å². The third kappa shape index (κ3) is 3.54. The van der Waals surface area contributed by atoms with Crippen molar-refractivity contribution in [3.63, 3.8) is 0 Å². The summed E-state index contributed by atoms with van der Waals surface area (Å²) in [6, 6.07) is 21.2. The summed E-state index contributed by atoms with van der Waals surface area (Å²) in [6.45, 7) is 0. The van der Waals surface area contributed by atoms with Crippen LogP contribution >= 0.6 is 12.6 Å². The molecule has 4 aromatic rings. The lowest BCUT2D eigenvalue weighted by molar-refractivity contribution is 0.415. The Hall–Kier alpha value is -3.38. The van der Waals surface area contributed by atoms with E-state index in [2.05, 4.69) is 27.8 Å². The van der Waals surface area contributed by atoms with Crippen molar-refractivity contribution in [2.24, 2.45) is 10.2 Å². The fourth-order valence-corrected chi connectivity index (χ4v) is 3.25. The molecule has 0 aliphatic carbocycles. The lowest BCUT2D eigenvalue weighted by Gasteiger charge is -2.07. The number of hydrogen-bond donors (Lipinski definition) is 2. The average Bonchev–Trinajstić information content (AvgIpc) is 2.76. The van der Waals surface area contributed by atoms with Gasteiger partial charge >= 0.3 is 0 Å². The number of pyridine rings is 1. The summed E-state index contributed by atoms with van der Waals surface area (Å²) in [4.78, 5) is 5.28. The molecule has 1 aromatic heterocycles. The standard InChI is InChI=1S/C22H18N4OS/c1-27-16-9-6-14(7-10-16)19-11-8-15(13-24-19)25-26-20-12-21(28)17-4-2-3-5-18(17)22(20)23/h2-13,28H,23H2,1H3/b26-25+. The van der Waals surface area contributed by atoms with Crippen molar-refractivity contribution in [3.8, 4) is 17.0 Å². The fourth-order valence-electron chi connectivity index (χ4n) is 2.94. The van der Waals surface area contributed by atoms with Crippen LogP contribution in [-0.2, 0) is 0 Å². The zero-order valence-corrected chi connectivity index (χ0v) is 16.1. The van der Waals surface area contributed by atoms with Crippen molar-refractivity contribution in [1.29, 1.82) is 0 Å². The predicted octanol–water partition coefficient (Wildman–Crippen LogP) is 6.20. The molecule has 0 unspecified atom stereocenters. The van der Waals surface area contributed by atoms with Gasteiger partial charge in [0.25, 0.3) is 0 Å². The number of rotatable bonds is 4. The summed E-state index contributed by atoms with van der Waals surface area (Å²) < 4.78 is 5.18. The topological polar surface area (TPSA) is 72.9 Å². The summed E-state index contributed by atoms with van der Waals surface area (Å²) in [5.41, 5.74) is 9.93. The van der Waals surface area contributed by atoms with Gasteiger partial charge in [-0.05, 0) is 47.9 Å². The average molecular weight is 386 g/mol. The van der Waals surface area contributed by atoms with E-state index in [4.69, 9.17) is 10.5 Å². The molecule has 0 amide bonds. The second kappa shape index (κ2) is 7.70. The molecule has 0 radical (unpaired) electrons.